The van der Waals surface area contributed by atoms with Gasteiger partial charge in [-0.3, -0.25) is 0 Å². The van der Waals surface area contributed by atoms with Crippen molar-refractivity contribution in [3.8, 4) is 0 Å². The average molecular weight is 317 g/mol. The van der Waals surface area contributed by atoms with Crippen molar-refractivity contribution in [3.05, 3.63) is 42.2 Å². The van der Waals surface area contributed by atoms with E-state index in [0.717, 1.165) is 18.9 Å². The van der Waals surface area contributed by atoms with Crippen molar-refractivity contribution in [2.75, 3.05) is 10.6 Å². The van der Waals surface area contributed by atoms with Crippen LogP contribution in [-0.4, -0.2) is 21.0 Å². The second-order valence-electron chi connectivity index (χ2n) is 5.45. The van der Waals surface area contributed by atoms with E-state index in [9.17, 15) is 8.78 Å². The minimum absolute atomic E-state index is 0.209. The highest BCUT2D eigenvalue weighted by molar-refractivity contribution is 5.55. The van der Waals surface area contributed by atoms with Gasteiger partial charge in [-0.1, -0.05) is 19.4 Å². The van der Waals surface area contributed by atoms with Crippen molar-refractivity contribution >= 4 is 23.7 Å². The molecule has 2 aromatic rings. The lowest BCUT2D eigenvalue weighted by atomic mass is 10.2. The van der Waals surface area contributed by atoms with Crippen molar-refractivity contribution in [2.24, 2.45) is 0 Å². The molecule has 0 spiro atoms. The van der Waals surface area contributed by atoms with E-state index in [0.29, 0.717) is 17.8 Å². The van der Waals surface area contributed by atoms with Crippen molar-refractivity contribution in [1.82, 2.24) is 15.0 Å². The first kappa shape index (κ1) is 15.3. The fourth-order valence-corrected chi connectivity index (χ4v) is 2.61. The zero-order valence-electron chi connectivity index (χ0n) is 12.5. The van der Waals surface area contributed by atoms with Crippen LogP contribution in [0.4, 0.5) is 26.4 Å². The van der Waals surface area contributed by atoms with Gasteiger partial charge in [0.1, 0.15) is 11.6 Å². The van der Waals surface area contributed by atoms with Crippen LogP contribution in [0.2, 0.25) is 0 Å². The molecule has 5 nitrogen and oxygen atoms in total. The zero-order chi connectivity index (χ0) is 16.2. The van der Waals surface area contributed by atoms with E-state index in [2.05, 4.69) is 32.2 Å². The summed E-state index contributed by atoms with van der Waals surface area (Å²) < 4.78 is 26.5. The number of rotatable bonds is 5. The molecule has 0 aliphatic heterocycles. The van der Waals surface area contributed by atoms with Crippen molar-refractivity contribution < 1.29 is 8.78 Å². The zero-order valence-corrected chi connectivity index (χ0v) is 12.5. The molecule has 0 unspecified atom stereocenters. The molecule has 2 N–H and O–H groups in total. The number of hydrogen-bond acceptors (Lipinski definition) is 5. The molecule has 0 atom stereocenters. The summed E-state index contributed by atoms with van der Waals surface area (Å²) in [5.74, 6) is -0.314. The fraction of sp³-hybridized carbons (Fsp3) is 0.312. The van der Waals surface area contributed by atoms with Gasteiger partial charge < -0.3 is 10.6 Å². The van der Waals surface area contributed by atoms with Gasteiger partial charge in [0.15, 0.2) is 5.82 Å². The third-order valence-corrected chi connectivity index (χ3v) is 3.64. The molecule has 1 aliphatic rings. The highest BCUT2D eigenvalue weighted by Gasteiger charge is 2.16. The number of benzene rings is 1. The van der Waals surface area contributed by atoms with Crippen molar-refractivity contribution in [1.29, 1.82) is 0 Å². The molecule has 120 valence electrons. The number of nitrogens with zero attached hydrogens (tertiary/aromatic N) is 3. The molecular weight excluding hydrogens is 300 g/mol. The van der Waals surface area contributed by atoms with Crippen molar-refractivity contribution in [3.63, 3.8) is 0 Å². The van der Waals surface area contributed by atoms with Crippen LogP contribution in [0.3, 0.4) is 0 Å². The maximum atomic E-state index is 13.3. The molecule has 1 heterocycles. The Kier molecular flexibility index (Phi) is 4.45. The number of aromatic nitrogens is 3. The maximum Gasteiger partial charge on any atom is 0.232 e. The lowest BCUT2D eigenvalue weighted by molar-refractivity contribution is 0.584. The largest absolute Gasteiger partial charge is 0.351 e. The molecule has 0 bridgehead atoms. The van der Waals surface area contributed by atoms with Gasteiger partial charge in [-0.2, -0.15) is 15.0 Å². The van der Waals surface area contributed by atoms with Crippen LogP contribution in [0, 0.1) is 11.6 Å². The van der Waals surface area contributed by atoms with Gasteiger partial charge >= 0.3 is 0 Å². The second kappa shape index (κ2) is 6.68. The Balaban J connectivity index is 1.83. The van der Waals surface area contributed by atoms with Crippen LogP contribution in [0.5, 0.6) is 0 Å². The third kappa shape index (κ3) is 4.00. The van der Waals surface area contributed by atoms with Gasteiger partial charge in [0.2, 0.25) is 11.9 Å². The molecule has 1 aromatic heterocycles. The molecule has 7 heteroatoms. The molecule has 1 aliphatic carbocycles. The average Bonchev–Trinajstić information content (AvgIpc) is 2.98. The van der Waals surface area contributed by atoms with Gasteiger partial charge in [0.05, 0.1) is 0 Å². The molecule has 1 fully saturated rings. The summed E-state index contributed by atoms with van der Waals surface area (Å²) in [6.07, 6.45) is 6.02. The summed E-state index contributed by atoms with van der Waals surface area (Å²) in [7, 11) is 0. The van der Waals surface area contributed by atoms with E-state index in [-0.39, 0.29) is 11.6 Å². The van der Waals surface area contributed by atoms with E-state index in [1.165, 1.54) is 31.1 Å². The van der Waals surface area contributed by atoms with Crippen molar-refractivity contribution in [2.45, 2.75) is 31.7 Å². The predicted octanol–water partition coefficient (Wildman–Crippen LogP) is 3.89. The van der Waals surface area contributed by atoms with Crippen LogP contribution in [-0.2, 0) is 0 Å². The monoisotopic (exact) mass is 317 g/mol. The van der Waals surface area contributed by atoms with Crippen LogP contribution in [0.25, 0.3) is 6.08 Å². The maximum absolute atomic E-state index is 13.3. The van der Waals surface area contributed by atoms with E-state index in [1.54, 1.807) is 0 Å². The topological polar surface area (TPSA) is 62.7 Å². The summed E-state index contributed by atoms with van der Waals surface area (Å²) in [6.45, 7) is 3.65. The number of hydrogen-bond donors (Lipinski definition) is 2. The first-order valence-corrected chi connectivity index (χ1v) is 7.50. The van der Waals surface area contributed by atoms with E-state index >= 15 is 0 Å². The molecule has 23 heavy (non-hydrogen) atoms. The first-order chi connectivity index (χ1) is 11.1. The first-order valence-electron chi connectivity index (χ1n) is 7.50. The number of anilines is 3. The van der Waals surface area contributed by atoms with E-state index < -0.39 is 11.6 Å². The van der Waals surface area contributed by atoms with Crippen LogP contribution in [0.15, 0.2) is 24.8 Å². The van der Waals surface area contributed by atoms with E-state index in [1.807, 2.05) is 0 Å². The minimum atomic E-state index is -0.671. The fourth-order valence-electron chi connectivity index (χ4n) is 2.61. The number of nitrogens with one attached hydrogen (secondary N) is 2. The van der Waals surface area contributed by atoms with Crippen LogP contribution < -0.4 is 10.6 Å². The van der Waals surface area contributed by atoms with E-state index in [4.69, 9.17) is 0 Å². The Hall–Kier alpha value is -2.57. The van der Waals surface area contributed by atoms with Crippen LogP contribution in [0.1, 0.15) is 31.5 Å². The highest BCUT2D eigenvalue weighted by Crippen LogP contribution is 2.22. The normalized spacial score (nSPS) is 14.7. The van der Waals surface area contributed by atoms with Gasteiger partial charge in [-0.25, -0.2) is 8.78 Å². The molecular formula is C16H17F2N5. The SMILES string of the molecule is C=Cc1nc(Nc2cc(F)cc(F)c2)nc(NC2CCCC2)n1. The Morgan fingerprint density at radius 3 is 2.30 bits per heavy atom. The minimum Gasteiger partial charge on any atom is -0.351 e. The Morgan fingerprint density at radius 1 is 1.00 bits per heavy atom. The summed E-state index contributed by atoms with van der Waals surface area (Å²) in [4.78, 5) is 12.7. The Morgan fingerprint density at radius 2 is 1.65 bits per heavy atom. The second-order valence-corrected chi connectivity index (χ2v) is 5.45. The van der Waals surface area contributed by atoms with Gasteiger partial charge in [-0.15, -0.1) is 0 Å². The molecule has 0 radical (unpaired) electrons. The summed E-state index contributed by atoms with van der Waals surface area (Å²) in [5, 5.41) is 6.06. The van der Waals surface area contributed by atoms with Gasteiger partial charge in [0.25, 0.3) is 0 Å². The Bertz CT molecular complexity index is 693. The smallest absolute Gasteiger partial charge is 0.232 e. The molecule has 3 rings (SSSR count). The Labute approximate surface area is 132 Å². The quantitative estimate of drug-likeness (QED) is 0.876. The summed E-state index contributed by atoms with van der Waals surface area (Å²) in [6, 6.07) is 3.49. The predicted molar refractivity (Wildman–Crippen MR) is 85.4 cm³/mol. The molecule has 1 aromatic carbocycles. The standard InChI is InChI=1S/C16H17F2N5/c1-2-14-21-15(19-12-5-3-4-6-12)23-16(22-14)20-13-8-10(17)7-11(18)9-13/h2,7-9,12H,1,3-6H2,(H2,19,20,21,22,23). The van der Waals surface area contributed by atoms with Crippen LogP contribution >= 0.6 is 0 Å². The lowest BCUT2D eigenvalue weighted by Gasteiger charge is -2.13. The summed E-state index contributed by atoms with van der Waals surface area (Å²) in [5.41, 5.74) is 0.232. The third-order valence-electron chi connectivity index (χ3n) is 3.64. The number of halogens is 2. The summed E-state index contributed by atoms with van der Waals surface area (Å²) >= 11 is 0. The van der Waals surface area contributed by atoms with Gasteiger partial charge in [-0.05, 0) is 31.1 Å². The molecule has 1 saturated carbocycles. The molecule has 0 saturated heterocycles. The lowest BCUT2D eigenvalue weighted by Crippen LogP contribution is -2.18. The molecule has 0 amide bonds. The van der Waals surface area contributed by atoms with Gasteiger partial charge in [0, 0.05) is 17.8 Å². The highest BCUT2D eigenvalue weighted by atomic mass is 19.1.